The Morgan fingerprint density at radius 1 is 1.28 bits per heavy atom. The van der Waals surface area contributed by atoms with Gasteiger partial charge in [0.15, 0.2) is 0 Å². The van der Waals surface area contributed by atoms with Gasteiger partial charge in [-0.15, -0.1) is 6.58 Å². The molecular weight excluding hydrogens is 244 g/mol. The van der Waals surface area contributed by atoms with Crippen molar-refractivity contribution in [2.24, 2.45) is 0 Å². The molecule has 0 amide bonds. The zero-order valence-corrected chi connectivity index (χ0v) is 11.5. The summed E-state index contributed by atoms with van der Waals surface area (Å²) in [7, 11) is 0. The number of aryl methyl sites for hydroxylation is 1. The van der Waals surface area contributed by atoms with E-state index >= 15 is 0 Å². The molecule has 0 fully saturated rings. The molecule has 0 spiro atoms. The summed E-state index contributed by atoms with van der Waals surface area (Å²) in [4.78, 5) is 0. The van der Waals surface area contributed by atoms with Gasteiger partial charge in [0.1, 0.15) is 0 Å². The van der Waals surface area contributed by atoms with Crippen molar-refractivity contribution in [2.75, 3.05) is 6.61 Å². The highest BCUT2D eigenvalue weighted by atomic mass is 35.5. The largest absolute Gasteiger partial charge is 0.373 e. The molecule has 0 heterocycles. The first-order chi connectivity index (χ1) is 8.72. The zero-order chi connectivity index (χ0) is 13.2. The Hall–Kier alpha value is -1.05. The van der Waals surface area contributed by atoms with Crippen molar-refractivity contribution in [3.05, 3.63) is 60.2 Å². The molecule has 0 saturated carbocycles. The van der Waals surface area contributed by atoms with Crippen LogP contribution in [0.5, 0.6) is 0 Å². The molecule has 2 heteroatoms. The number of rotatable bonds is 9. The second kappa shape index (κ2) is 8.96. The summed E-state index contributed by atoms with van der Waals surface area (Å²) in [5, 5.41) is 0.554. The van der Waals surface area contributed by atoms with Gasteiger partial charge in [0.05, 0.1) is 12.7 Å². The van der Waals surface area contributed by atoms with Crippen LogP contribution in [-0.4, -0.2) is 12.7 Å². The lowest BCUT2D eigenvalue weighted by molar-refractivity contribution is 0.0609. The zero-order valence-electron chi connectivity index (χ0n) is 10.8. The van der Waals surface area contributed by atoms with E-state index in [0.717, 1.165) is 25.7 Å². The van der Waals surface area contributed by atoms with E-state index in [1.165, 1.54) is 5.56 Å². The van der Waals surface area contributed by atoms with Gasteiger partial charge in [0, 0.05) is 5.03 Å². The molecule has 1 atom stereocenters. The second-order valence-electron chi connectivity index (χ2n) is 4.34. The van der Waals surface area contributed by atoms with E-state index in [-0.39, 0.29) is 6.10 Å². The van der Waals surface area contributed by atoms with Gasteiger partial charge in [0.2, 0.25) is 0 Å². The van der Waals surface area contributed by atoms with Crippen LogP contribution in [0, 0.1) is 0 Å². The first-order valence-electron chi connectivity index (χ1n) is 6.32. The average Bonchev–Trinajstić information content (AvgIpc) is 2.39. The van der Waals surface area contributed by atoms with Crippen LogP contribution in [-0.2, 0) is 11.2 Å². The van der Waals surface area contributed by atoms with E-state index in [9.17, 15) is 0 Å². The van der Waals surface area contributed by atoms with Crippen molar-refractivity contribution in [3.8, 4) is 0 Å². The molecule has 1 aromatic rings. The van der Waals surface area contributed by atoms with E-state index in [1.807, 2.05) is 12.1 Å². The normalized spacial score (nSPS) is 12.1. The second-order valence-corrected chi connectivity index (χ2v) is 4.88. The van der Waals surface area contributed by atoms with E-state index in [4.69, 9.17) is 16.3 Å². The Kier molecular flexibility index (Phi) is 7.47. The highest BCUT2D eigenvalue weighted by molar-refractivity contribution is 6.29. The molecule has 18 heavy (non-hydrogen) atoms. The molecule has 0 N–H and O–H groups in total. The summed E-state index contributed by atoms with van der Waals surface area (Å²) in [6.45, 7) is 7.82. The molecule has 1 nitrogen and oxygen atoms in total. The van der Waals surface area contributed by atoms with Gasteiger partial charge in [-0.1, -0.05) is 54.6 Å². The first kappa shape index (κ1) is 15.0. The van der Waals surface area contributed by atoms with Crippen LogP contribution in [0.25, 0.3) is 0 Å². The van der Waals surface area contributed by atoms with Gasteiger partial charge in [-0.3, -0.25) is 0 Å². The van der Waals surface area contributed by atoms with Crippen LogP contribution in [0.15, 0.2) is 54.6 Å². The van der Waals surface area contributed by atoms with Gasteiger partial charge < -0.3 is 4.74 Å². The third-order valence-electron chi connectivity index (χ3n) is 2.77. The Morgan fingerprint density at radius 3 is 2.61 bits per heavy atom. The lowest BCUT2D eigenvalue weighted by atomic mass is 10.0. The molecule has 0 saturated heterocycles. The fourth-order valence-corrected chi connectivity index (χ4v) is 1.86. The molecule has 0 aromatic heterocycles. The van der Waals surface area contributed by atoms with Crippen molar-refractivity contribution in [1.82, 2.24) is 0 Å². The van der Waals surface area contributed by atoms with Crippen molar-refractivity contribution >= 4 is 11.6 Å². The maximum absolute atomic E-state index is 5.75. The lowest BCUT2D eigenvalue weighted by Crippen LogP contribution is -2.14. The SMILES string of the molecule is C=CCCC(CCc1ccccc1)OCC(=C)Cl. The highest BCUT2D eigenvalue weighted by Crippen LogP contribution is 2.14. The molecule has 0 aliphatic heterocycles. The molecule has 0 bridgehead atoms. The minimum absolute atomic E-state index is 0.221. The Balaban J connectivity index is 2.39. The molecule has 1 rings (SSSR count). The van der Waals surface area contributed by atoms with Crippen molar-refractivity contribution in [1.29, 1.82) is 0 Å². The van der Waals surface area contributed by atoms with E-state index in [2.05, 4.69) is 37.4 Å². The molecule has 0 aliphatic rings. The number of hydrogen-bond donors (Lipinski definition) is 0. The van der Waals surface area contributed by atoms with Crippen LogP contribution in [0.1, 0.15) is 24.8 Å². The van der Waals surface area contributed by atoms with Crippen LogP contribution in [0.4, 0.5) is 0 Å². The van der Waals surface area contributed by atoms with Crippen molar-refractivity contribution in [2.45, 2.75) is 31.8 Å². The highest BCUT2D eigenvalue weighted by Gasteiger charge is 2.09. The van der Waals surface area contributed by atoms with Crippen molar-refractivity contribution in [3.63, 3.8) is 0 Å². The van der Waals surface area contributed by atoms with Crippen LogP contribution in [0.2, 0.25) is 0 Å². The fraction of sp³-hybridized carbons (Fsp3) is 0.375. The van der Waals surface area contributed by atoms with Gasteiger partial charge in [0.25, 0.3) is 0 Å². The van der Waals surface area contributed by atoms with E-state index < -0.39 is 0 Å². The number of benzene rings is 1. The molecule has 1 unspecified atom stereocenters. The van der Waals surface area contributed by atoms with Gasteiger partial charge >= 0.3 is 0 Å². The summed E-state index contributed by atoms with van der Waals surface area (Å²) in [6.07, 6.45) is 6.13. The quantitative estimate of drug-likeness (QED) is 0.586. The van der Waals surface area contributed by atoms with Crippen molar-refractivity contribution < 1.29 is 4.74 Å². The first-order valence-corrected chi connectivity index (χ1v) is 6.70. The monoisotopic (exact) mass is 264 g/mol. The topological polar surface area (TPSA) is 9.23 Å². The minimum atomic E-state index is 0.221. The molecule has 98 valence electrons. The standard InChI is InChI=1S/C16H21ClO/c1-3-4-10-16(18-13-14(2)17)12-11-15-8-6-5-7-9-15/h3,5-9,16H,1-2,4,10-13H2. The maximum Gasteiger partial charge on any atom is 0.0820 e. The van der Waals surface area contributed by atoms with Crippen LogP contribution < -0.4 is 0 Å². The molecule has 0 radical (unpaired) electrons. The predicted octanol–water partition coefficient (Wildman–Crippen LogP) is 4.72. The average molecular weight is 265 g/mol. The summed E-state index contributed by atoms with van der Waals surface area (Å²) < 4.78 is 5.75. The van der Waals surface area contributed by atoms with E-state index in [1.54, 1.807) is 0 Å². The van der Waals surface area contributed by atoms with Gasteiger partial charge in [-0.2, -0.15) is 0 Å². The Labute approximate surface area is 115 Å². The minimum Gasteiger partial charge on any atom is -0.373 e. The smallest absolute Gasteiger partial charge is 0.0820 e. The van der Waals surface area contributed by atoms with E-state index in [0.29, 0.717) is 11.6 Å². The fourth-order valence-electron chi connectivity index (χ4n) is 1.80. The Morgan fingerprint density at radius 2 is 2.00 bits per heavy atom. The lowest BCUT2D eigenvalue weighted by Gasteiger charge is -2.17. The number of allylic oxidation sites excluding steroid dienone is 1. The predicted molar refractivity (Wildman–Crippen MR) is 78.9 cm³/mol. The number of halogens is 1. The number of hydrogen-bond acceptors (Lipinski definition) is 1. The van der Waals surface area contributed by atoms with Crippen LogP contribution in [0.3, 0.4) is 0 Å². The molecular formula is C16H21ClO. The van der Waals surface area contributed by atoms with Gasteiger partial charge in [-0.05, 0) is 31.2 Å². The van der Waals surface area contributed by atoms with Crippen LogP contribution >= 0.6 is 11.6 Å². The Bertz CT molecular complexity index is 359. The molecule has 1 aromatic carbocycles. The number of ether oxygens (including phenoxy) is 1. The summed E-state index contributed by atoms with van der Waals surface area (Å²) >= 11 is 5.73. The third kappa shape index (κ3) is 6.63. The summed E-state index contributed by atoms with van der Waals surface area (Å²) in [6, 6.07) is 10.5. The van der Waals surface area contributed by atoms with Gasteiger partial charge in [-0.25, -0.2) is 0 Å². The third-order valence-corrected chi connectivity index (χ3v) is 2.88. The maximum atomic E-state index is 5.75. The summed E-state index contributed by atoms with van der Waals surface area (Å²) in [5.41, 5.74) is 1.34. The summed E-state index contributed by atoms with van der Waals surface area (Å²) in [5.74, 6) is 0. The molecule has 0 aliphatic carbocycles.